The molecule has 0 nitrogen and oxygen atoms in total. The molecule has 0 fully saturated rings. The fourth-order valence-corrected chi connectivity index (χ4v) is 2.30. The third-order valence-corrected chi connectivity index (χ3v) is 4.07. The third kappa shape index (κ3) is 2.86. The Hall–Kier alpha value is 0.260. The molecular weight excluding hydrogens is 374 g/mol. The van der Waals surface area contributed by atoms with Crippen molar-refractivity contribution in [3.05, 3.63) is 37.2 Å². The molecule has 5 heteroatoms. The fourth-order valence-electron chi connectivity index (χ4n) is 0.784. The van der Waals surface area contributed by atoms with Crippen molar-refractivity contribution in [2.75, 3.05) is 0 Å². The van der Waals surface area contributed by atoms with Crippen LogP contribution < -0.4 is 0 Å². The topological polar surface area (TPSA) is 0 Å². The van der Waals surface area contributed by atoms with E-state index in [-0.39, 0.29) is 0 Å². The Balaban J connectivity index is 3.34. The zero-order valence-corrected chi connectivity index (χ0v) is 10.9. The molecule has 0 heterocycles. The van der Waals surface area contributed by atoms with Crippen LogP contribution in [-0.2, 0) is 0 Å². The molecular formula is C8H3Br3F2. The molecule has 13 heavy (non-hydrogen) atoms. The second kappa shape index (κ2) is 4.66. The minimum Gasteiger partial charge on any atom is -0.173 e. The van der Waals surface area contributed by atoms with Crippen LogP contribution in [0.3, 0.4) is 0 Å². The molecule has 1 rings (SSSR count). The van der Waals surface area contributed by atoms with E-state index in [1.165, 1.54) is 0 Å². The van der Waals surface area contributed by atoms with Crippen molar-refractivity contribution in [2.24, 2.45) is 0 Å². The SMILES string of the molecule is FC(F)=Cc1c(Br)ccc(Br)c1Br. The van der Waals surface area contributed by atoms with Crippen LogP contribution in [0.1, 0.15) is 5.56 Å². The van der Waals surface area contributed by atoms with Gasteiger partial charge in [0.1, 0.15) is 0 Å². The molecule has 0 aliphatic rings. The van der Waals surface area contributed by atoms with Crippen LogP contribution >= 0.6 is 47.8 Å². The maximum Gasteiger partial charge on any atom is 0.270 e. The third-order valence-electron chi connectivity index (χ3n) is 1.33. The molecule has 0 aliphatic heterocycles. The largest absolute Gasteiger partial charge is 0.270 e. The molecule has 0 bridgehead atoms. The predicted molar refractivity (Wildman–Crippen MR) is 59.7 cm³/mol. The van der Waals surface area contributed by atoms with Gasteiger partial charge >= 0.3 is 0 Å². The molecule has 0 radical (unpaired) electrons. The highest BCUT2D eigenvalue weighted by atomic mass is 79.9. The van der Waals surface area contributed by atoms with Crippen molar-refractivity contribution in [3.63, 3.8) is 0 Å². The number of benzene rings is 1. The van der Waals surface area contributed by atoms with Crippen LogP contribution in [-0.4, -0.2) is 0 Å². The predicted octanol–water partition coefficient (Wildman–Crippen LogP) is 5.21. The average molecular weight is 377 g/mol. The van der Waals surface area contributed by atoms with Crippen molar-refractivity contribution in [1.29, 1.82) is 0 Å². The summed E-state index contributed by atoms with van der Waals surface area (Å²) in [5, 5.41) is 0. The normalized spacial score (nSPS) is 9.92. The maximum atomic E-state index is 12.0. The quantitative estimate of drug-likeness (QED) is 0.590. The van der Waals surface area contributed by atoms with Crippen molar-refractivity contribution in [3.8, 4) is 0 Å². The number of hydrogen-bond acceptors (Lipinski definition) is 0. The molecule has 70 valence electrons. The Morgan fingerprint density at radius 2 is 1.62 bits per heavy atom. The smallest absolute Gasteiger partial charge is 0.173 e. The lowest BCUT2D eigenvalue weighted by Gasteiger charge is -2.03. The Morgan fingerprint density at radius 3 is 2.15 bits per heavy atom. The van der Waals surface area contributed by atoms with Crippen LogP contribution in [0.15, 0.2) is 31.6 Å². The maximum absolute atomic E-state index is 12.0. The number of halogens is 5. The Morgan fingerprint density at radius 1 is 1.08 bits per heavy atom. The van der Waals surface area contributed by atoms with Gasteiger partial charge in [0.05, 0.1) is 0 Å². The Labute approximate surface area is 99.4 Å². The molecule has 0 amide bonds. The first-order valence-corrected chi connectivity index (χ1v) is 5.56. The molecule has 0 saturated heterocycles. The monoisotopic (exact) mass is 374 g/mol. The molecule has 0 unspecified atom stereocenters. The standard InChI is InChI=1S/C8H3Br3F2/c9-5-1-2-6(10)8(11)4(5)3-7(12)13/h1-3H. The van der Waals surface area contributed by atoms with Gasteiger partial charge in [-0.05, 0) is 44.0 Å². The van der Waals surface area contributed by atoms with E-state index in [2.05, 4.69) is 47.8 Å². The van der Waals surface area contributed by atoms with Gasteiger partial charge < -0.3 is 0 Å². The van der Waals surface area contributed by atoms with Crippen molar-refractivity contribution in [2.45, 2.75) is 0 Å². The van der Waals surface area contributed by atoms with Crippen LogP contribution in [0.5, 0.6) is 0 Å². The van der Waals surface area contributed by atoms with Crippen LogP contribution in [0.4, 0.5) is 8.78 Å². The van der Waals surface area contributed by atoms with E-state index in [0.29, 0.717) is 14.5 Å². The van der Waals surface area contributed by atoms with E-state index >= 15 is 0 Å². The van der Waals surface area contributed by atoms with E-state index in [4.69, 9.17) is 0 Å². The molecule has 0 atom stereocenters. The molecule has 0 N–H and O–H groups in total. The zero-order valence-electron chi connectivity index (χ0n) is 6.12. The molecule has 1 aromatic rings. The van der Waals surface area contributed by atoms with E-state index in [9.17, 15) is 8.78 Å². The first-order valence-electron chi connectivity index (χ1n) is 3.18. The zero-order chi connectivity index (χ0) is 10.0. The highest BCUT2D eigenvalue weighted by molar-refractivity contribution is 9.13. The Bertz CT molecular complexity index is 357. The minimum absolute atomic E-state index is 0.425. The highest BCUT2D eigenvalue weighted by Gasteiger charge is 2.07. The van der Waals surface area contributed by atoms with Gasteiger partial charge in [-0.1, -0.05) is 15.9 Å². The van der Waals surface area contributed by atoms with Crippen LogP contribution in [0.2, 0.25) is 0 Å². The minimum atomic E-state index is -1.72. The van der Waals surface area contributed by atoms with E-state index in [1.807, 2.05) is 0 Å². The molecule has 0 aromatic heterocycles. The summed E-state index contributed by atoms with van der Waals surface area (Å²) >= 11 is 9.61. The molecule has 0 aliphatic carbocycles. The summed E-state index contributed by atoms with van der Waals surface area (Å²) in [5.41, 5.74) is 0.425. The van der Waals surface area contributed by atoms with Gasteiger partial charge in [0, 0.05) is 25.1 Å². The van der Waals surface area contributed by atoms with Gasteiger partial charge in [0.15, 0.2) is 0 Å². The Kier molecular flexibility index (Phi) is 4.06. The molecule has 1 aromatic carbocycles. The van der Waals surface area contributed by atoms with Gasteiger partial charge in [0.25, 0.3) is 6.08 Å². The first-order chi connectivity index (χ1) is 6.02. The number of rotatable bonds is 1. The lowest BCUT2D eigenvalue weighted by molar-refractivity contribution is 0.429. The van der Waals surface area contributed by atoms with Crippen LogP contribution in [0.25, 0.3) is 6.08 Å². The van der Waals surface area contributed by atoms with Gasteiger partial charge in [-0.25, -0.2) is 0 Å². The lowest BCUT2D eigenvalue weighted by Crippen LogP contribution is -1.80. The van der Waals surface area contributed by atoms with Crippen molar-refractivity contribution >= 4 is 53.9 Å². The lowest BCUT2D eigenvalue weighted by atomic mass is 10.2. The summed E-state index contributed by atoms with van der Waals surface area (Å²) in [4.78, 5) is 0. The fraction of sp³-hybridized carbons (Fsp3) is 0. The van der Waals surface area contributed by atoms with Gasteiger partial charge in [0.2, 0.25) is 0 Å². The first kappa shape index (κ1) is 11.3. The number of hydrogen-bond donors (Lipinski definition) is 0. The van der Waals surface area contributed by atoms with Gasteiger partial charge in [-0.2, -0.15) is 8.78 Å². The van der Waals surface area contributed by atoms with E-state index < -0.39 is 6.08 Å². The van der Waals surface area contributed by atoms with Crippen molar-refractivity contribution in [1.82, 2.24) is 0 Å². The summed E-state index contributed by atoms with van der Waals surface area (Å²) in [6, 6.07) is 3.46. The van der Waals surface area contributed by atoms with Gasteiger partial charge in [-0.3, -0.25) is 0 Å². The highest BCUT2D eigenvalue weighted by Crippen LogP contribution is 2.33. The van der Waals surface area contributed by atoms with Crippen molar-refractivity contribution < 1.29 is 8.78 Å². The van der Waals surface area contributed by atoms with Gasteiger partial charge in [-0.15, -0.1) is 0 Å². The molecule has 0 saturated carbocycles. The van der Waals surface area contributed by atoms with E-state index in [0.717, 1.165) is 10.5 Å². The summed E-state index contributed by atoms with van der Waals surface area (Å²) < 4.78 is 26.0. The summed E-state index contributed by atoms with van der Waals surface area (Å²) in [5.74, 6) is 0. The second-order valence-electron chi connectivity index (χ2n) is 2.19. The summed E-state index contributed by atoms with van der Waals surface area (Å²) in [6.07, 6.45) is -0.918. The second-order valence-corrected chi connectivity index (χ2v) is 4.69. The average Bonchev–Trinajstić information content (AvgIpc) is 2.05. The summed E-state index contributed by atoms with van der Waals surface area (Å²) in [7, 11) is 0. The summed E-state index contributed by atoms with van der Waals surface area (Å²) in [6.45, 7) is 0. The van der Waals surface area contributed by atoms with E-state index in [1.54, 1.807) is 12.1 Å². The molecule has 0 spiro atoms. The van der Waals surface area contributed by atoms with Crippen LogP contribution in [0, 0.1) is 0 Å².